The molecule has 0 spiro atoms. The van der Waals surface area contributed by atoms with Crippen molar-refractivity contribution in [3.05, 3.63) is 30.1 Å². The van der Waals surface area contributed by atoms with E-state index in [4.69, 9.17) is 4.74 Å². The minimum Gasteiger partial charge on any atom is -0.449 e. The average molecular weight is 347 g/mol. The van der Waals surface area contributed by atoms with Crippen LogP contribution in [0.2, 0.25) is 0 Å². The first-order valence-electron chi connectivity index (χ1n) is 8.98. The Hall–Kier alpha value is -2.11. The highest BCUT2D eigenvalue weighted by Crippen LogP contribution is 2.25. The van der Waals surface area contributed by atoms with Gasteiger partial charge in [0, 0.05) is 38.4 Å². The van der Waals surface area contributed by atoms with Gasteiger partial charge < -0.3 is 14.5 Å². The van der Waals surface area contributed by atoms with Crippen molar-refractivity contribution in [1.82, 2.24) is 14.8 Å². The van der Waals surface area contributed by atoms with Crippen LogP contribution in [0.25, 0.3) is 0 Å². The molecule has 0 radical (unpaired) electrons. The topological polar surface area (TPSA) is 62.7 Å². The molecule has 2 heterocycles. The molecule has 0 aliphatic carbocycles. The molecule has 6 nitrogen and oxygen atoms in total. The monoisotopic (exact) mass is 347 g/mol. The molecular formula is C19H29N3O3. The molecule has 1 aromatic rings. The van der Waals surface area contributed by atoms with Crippen molar-refractivity contribution in [2.24, 2.45) is 11.8 Å². The van der Waals surface area contributed by atoms with Gasteiger partial charge in [-0.1, -0.05) is 19.9 Å². The summed E-state index contributed by atoms with van der Waals surface area (Å²) in [6.45, 7) is 7.61. The molecule has 6 heteroatoms. The van der Waals surface area contributed by atoms with Gasteiger partial charge in [0.25, 0.3) is 0 Å². The summed E-state index contributed by atoms with van der Waals surface area (Å²) in [6.07, 6.45) is 4.62. The van der Waals surface area contributed by atoms with Gasteiger partial charge in [-0.2, -0.15) is 0 Å². The Bertz CT molecular complexity index is 569. The molecule has 2 amide bonds. The average Bonchev–Trinajstić information content (AvgIpc) is 2.65. The first-order valence-corrected chi connectivity index (χ1v) is 8.98. The smallest absolute Gasteiger partial charge is 0.409 e. The summed E-state index contributed by atoms with van der Waals surface area (Å²) in [6, 6.07) is 3.84. The molecule has 1 aliphatic heterocycles. The van der Waals surface area contributed by atoms with Crippen molar-refractivity contribution >= 4 is 12.0 Å². The van der Waals surface area contributed by atoms with Gasteiger partial charge in [0.2, 0.25) is 5.91 Å². The zero-order chi connectivity index (χ0) is 18.4. The quantitative estimate of drug-likeness (QED) is 0.821. The van der Waals surface area contributed by atoms with Gasteiger partial charge in [-0.05, 0) is 37.3 Å². The number of carbonyl (C=O) groups excluding carboxylic acids is 2. The third kappa shape index (κ3) is 5.18. The molecule has 1 aliphatic rings. The lowest BCUT2D eigenvalue weighted by molar-refractivity contribution is -0.137. The van der Waals surface area contributed by atoms with E-state index in [-0.39, 0.29) is 24.0 Å². The molecular weight excluding hydrogens is 318 g/mol. The zero-order valence-corrected chi connectivity index (χ0v) is 15.6. The van der Waals surface area contributed by atoms with Crippen LogP contribution in [0.3, 0.4) is 0 Å². The van der Waals surface area contributed by atoms with Crippen molar-refractivity contribution < 1.29 is 14.3 Å². The number of ether oxygens (including phenoxy) is 1. The van der Waals surface area contributed by atoms with Crippen LogP contribution in [0.5, 0.6) is 0 Å². The molecule has 1 aromatic heterocycles. The predicted octanol–water partition coefficient (Wildman–Crippen LogP) is 3.11. The molecule has 0 N–H and O–H groups in total. The third-order valence-electron chi connectivity index (χ3n) is 4.74. The summed E-state index contributed by atoms with van der Waals surface area (Å²) in [5, 5.41) is 0. The van der Waals surface area contributed by atoms with Crippen LogP contribution < -0.4 is 0 Å². The van der Waals surface area contributed by atoms with E-state index >= 15 is 0 Å². The molecule has 0 bridgehead atoms. The minimum atomic E-state index is -0.267. The van der Waals surface area contributed by atoms with E-state index in [2.05, 4.69) is 4.98 Å². The molecule has 1 atom stereocenters. The van der Waals surface area contributed by atoms with Crippen molar-refractivity contribution in [2.45, 2.75) is 39.7 Å². The fourth-order valence-corrected chi connectivity index (χ4v) is 2.96. The Morgan fingerprint density at radius 1 is 1.32 bits per heavy atom. The Kier molecular flexibility index (Phi) is 6.79. The second-order valence-electron chi connectivity index (χ2n) is 7.14. The first kappa shape index (κ1) is 19.2. The summed E-state index contributed by atoms with van der Waals surface area (Å²) in [5.41, 5.74) is 1.02. The van der Waals surface area contributed by atoms with Gasteiger partial charge in [0.05, 0.1) is 12.6 Å². The maximum Gasteiger partial charge on any atom is 0.409 e. The number of nitrogens with zero attached hydrogens (tertiary/aromatic N) is 3. The number of piperidine rings is 1. The Morgan fingerprint density at radius 3 is 2.56 bits per heavy atom. The predicted molar refractivity (Wildman–Crippen MR) is 95.9 cm³/mol. The molecule has 0 aromatic carbocycles. The molecule has 1 unspecified atom stereocenters. The van der Waals surface area contributed by atoms with Crippen LogP contribution in [0.4, 0.5) is 4.79 Å². The second-order valence-corrected chi connectivity index (χ2v) is 7.14. The summed E-state index contributed by atoms with van der Waals surface area (Å²) < 4.78 is 5.27. The third-order valence-corrected chi connectivity index (χ3v) is 4.74. The Balaban J connectivity index is 1.85. The maximum absolute atomic E-state index is 12.8. The largest absolute Gasteiger partial charge is 0.449 e. The lowest BCUT2D eigenvalue weighted by Crippen LogP contribution is -2.44. The van der Waals surface area contributed by atoms with Gasteiger partial charge in [0.15, 0.2) is 0 Å². The van der Waals surface area contributed by atoms with Crippen molar-refractivity contribution in [3.63, 3.8) is 0 Å². The maximum atomic E-state index is 12.8. The Labute approximate surface area is 150 Å². The van der Waals surface area contributed by atoms with E-state index in [1.165, 1.54) is 0 Å². The number of amides is 2. The normalized spacial score (nSPS) is 16.6. The molecule has 0 saturated carbocycles. The summed E-state index contributed by atoms with van der Waals surface area (Å²) >= 11 is 0. The Morgan fingerprint density at radius 2 is 2.00 bits per heavy atom. The highest BCUT2D eigenvalue weighted by atomic mass is 16.6. The zero-order valence-electron chi connectivity index (χ0n) is 15.6. The number of aromatic nitrogens is 1. The number of hydrogen-bond donors (Lipinski definition) is 0. The highest BCUT2D eigenvalue weighted by molar-refractivity contribution is 5.79. The molecule has 138 valence electrons. The lowest BCUT2D eigenvalue weighted by atomic mass is 9.94. The van der Waals surface area contributed by atoms with Crippen molar-refractivity contribution in [2.75, 3.05) is 26.7 Å². The summed E-state index contributed by atoms with van der Waals surface area (Å²) in [7, 11) is 1.84. The van der Waals surface area contributed by atoms with E-state index in [9.17, 15) is 9.59 Å². The van der Waals surface area contributed by atoms with Crippen LogP contribution >= 0.6 is 0 Å². The number of hydrogen-bond acceptors (Lipinski definition) is 4. The van der Waals surface area contributed by atoms with Crippen LogP contribution in [-0.2, 0) is 9.53 Å². The standard InChI is InChI=1S/C19H29N3O3/c1-14(2)13-25-19(24)22-10-7-16(8-11-22)18(23)21(4)15(3)17-6-5-9-20-12-17/h5-6,9,12,14-16H,7-8,10-11,13H2,1-4H3. The van der Waals surface area contributed by atoms with Gasteiger partial charge in [-0.25, -0.2) is 4.79 Å². The van der Waals surface area contributed by atoms with Crippen LogP contribution in [0.1, 0.15) is 45.2 Å². The minimum absolute atomic E-state index is 0.0183. The van der Waals surface area contributed by atoms with Crippen LogP contribution in [0.15, 0.2) is 24.5 Å². The van der Waals surface area contributed by atoms with E-state index < -0.39 is 0 Å². The number of rotatable bonds is 5. The van der Waals surface area contributed by atoms with E-state index in [0.29, 0.717) is 38.5 Å². The van der Waals surface area contributed by atoms with Gasteiger partial charge in [0.1, 0.15) is 0 Å². The van der Waals surface area contributed by atoms with Crippen LogP contribution in [-0.4, -0.2) is 53.5 Å². The molecule has 2 rings (SSSR count). The fourth-order valence-electron chi connectivity index (χ4n) is 2.96. The van der Waals surface area contributed by atoms with E-state index in [0.717, 1.165) is 5.56 Å². The van der Waals surface area contributed by atoms with Gasteiger partial charge in [-0.3, -0.25) is 9.78 Å². The van der Waals surface area contributed by atoms with Crippen molar-refractivity contribution in [1.29, 1.82) is 0 Å². The van der Waals surface area contributed by atoms with E-state index in [1.54, 1.807) is 22.2 Å². The molecule has 25 heavy (non-hydrogen) atoms. The molecule has 1 saturated heterocycles. The number of pyridine rings is 1. The molecule has 1 fully saturated rings. The van der Waals surface area contributed by atoms with E-state index in [1.807, 2.05) is 40.0 Å². The highest BCUT2D eigenvalue weighted by Gasteiger charge is 2.31. The van der Waals surface area contributed by atoms with Gasteiger partial charge >= 0.3 is 6.09 Å². The first-order chi connectivity index (χ1) is 11.9. The second kappa shape index (κ2) is 8.83. The SMILES string of the molecule is CC(C)COC(=O)N1CCC(C(=O)N(C)C(C)c2cccnc2)CC1. The lowest BCUT2D eigenvalue weighted by Gasteiger charge is -2.34. The van der Waals surface area contributed by atoms with Crippen molar-refractivity contribution in [3.8, 4) is 0 Å². The number of carbonyl (C=O) groups is 2. The van der Waals surface area contributed by atoms with Gasteiger partial charge in [-0.15, -0.1) is 0 Å². The summed E-state index contributed by atoms with van der Waals surface area (Å²) in [5.74, 6) is 0.413. The fraction of sp³-hybridized carbons (Fsp3) is 0.632. The summed E-state index contributed by atoms with van der Waals surface area (Å²) in [4.78, 5) is 32.4. The van der Waals surface area contributed by atoms with Crippen LogP contribution in [0, 0.1) is 11.8 Å². The number of likely N-dealkylation sites (tertiary alicyclic amines) is 1.